The smallest absolute Gasteiger partial charge is 0.426 e. The van der Waals surface area contributed by atoms with Gasteiger partial charge in [-0.05, 0) is 118 Å². The van der Waals surface area contributed by atoms with Gasteiger partial charge in [-0.3, -0.25) is 83.0 Å². The monoisotopic (exact) mass is 1870 g/mol. The van der Waals surface area contributed by atoms with Crippen LogP contribution >= 0.6 is 32.9 Å². The molecule has 45 nitrogen and oxygen atoms in total. The molecular weight excluding hydrogens is 1760 g/mol. The average Bonchev–Trinajstić information content (AvgIpc) is 1.03. The number of anilines is 2. The number of aromatic hydroxyl groups is 1. The zero-order valence-corrected chi connectivity index (χ0v) is 75.7. The van der Waals surface area contributed by atoms with Crippen molar-refractivity contribution >= 4 is 157 Å². The van der Waals surface area contributed by atoms with E-state index < -0.39 is 194 Å². The zero-order chi connectivity index (χ0) is 96.0. The fraction of sp³-hybridized carbons (Fsp3) is 0.537. The van der Waals surface area contributed by atoms with E-state index >= 15 is 4.79 Å². The van der Waals surface area contributed by atoms with E-state index in [1.165, 1.54) is 66.7 Å². The van der Waals surface area contributed by atoms with E-state index in [0.29, 0.717) is 36.3 Å². The molecule has 4 heterocycles. The second-order valence-corrected chi connectivity index (χ2v) is 35.1. The number of phenolic OH excluding ortho intramolecular Hbond substituents is 1. The maximum absolute atomic E-state index is 15.1. The van der Waals surface area contributed by atoms with Crippen LogP contribution in [0.4, 0.5) is 16.4 Å². The van der Waals surface area contributed by atoms with Crippen molar-refractivity contribution in [3.63, 3.8) is 0 Å². The van der Waals surface area contributed by atoms with Crippen LogP contribution in [0.25, 0.3) is 11.2 Å². The van der Waals surface area contributed by atoms with Gasteiger partial charge in [0.2, 0.25) is 47.3 Å². The first-order valence-corrected chi connectivity index (χ1v) is 45.2. The first kappa shape index (κ1) is 106. The molecule has 6 rings (SSSR count). The molecule has 5 aromatic rings. The van der Waals surface area contributed by atoms with Gasteiger partial charge < -0.3 is 104 Å². The van der Waals surface area contributed by atoms with E-state index in [4.69, 9.17) is 31.1 Å². The maximum Gasteiger partial charge on any atom is 0.426 e. The van der Waals surface area contributed by atoms with Crippen LogP contribution in [0.2, 0.25) is 0 Å². The molecule has 1 saturated heterocycles. The summed E-state index contributed by atoms with van der Waals surface area (Å²) < 4.78 is 16.9. The minimum absolute atomic E-state index is 0.00275. The Bertz CT molecular complexity index is 4840. The van der Waals surface area contributed by atoms with Crippen molar-refractivity contribution in [3.8, 4) is 5.75 Å². The number of phenols is 1. The first-order chi connectivity index (χ1) is 61.6. The number of guanidine groups is 1. The van der Waals surface area contributed by atoms with Gasteiger partial charge in [-0.25, -0.2) is 34.8 Å². The predicted molar refractivity (Wildman–Crippen MR) is 475 cm³/mol. The number of carbonyl (C=O) groups excluding carboxylic acids is 13. The fourth-order valence-electron chi connectivity index (χ4n) is 13.3. The van der Waals surface area contributed by atoms with Crippen molar-refractivity contribution in [2.24, 2.45) is 29.4 Å². The highest BCUT2D eigenvalue weighted by Crippen LogP contribution is 2.33. The lowest BCUT2D eigenvalue weighted by atomic mass is 9.92. The topological polar surface area (TPSA) is 681 Å². The molecule has 0 saturated carbocycles. The van der Waals surface area contributed by atoms with Crippen LogP contribution in [0.5, 0.6) is 5.75 Å². The number of aliphatic carboxylic acids is 3. The van der Waals surface area contributed by atoms with E-state index in [-0.39, 0.29) is 139 Å². The quantitative estimate of drug-likeness (QED) is 0.00305. The Kier molecular flexibility index (Phi) is 43.3. The van der Waals surface area contributed by atoms with Crippen molar-refractivity contribution in [3.05, 3.63) is 98.0 Å². The van der Waals surface area contributed by atoms with Crippen LogP contribution in [-0.4, -0.2) is 256 Å². The number of fused-ring (bicyclic) bond motifs is 1. The molecule has 2 aromatic carbocycles. The van der Waals surface area contributed by atoms with Crippen LogP contribution in [0.1, 0.15) is 182 Å². The van der Waals surface area contributed by atoms with Crippen molar-refractivity contribution < 1.29 is 111 Å². The number of esters is 2. The Morgan fingerprint density at radius 2 is 1.44 bits per heavy atom. The van der Waals surface area contributed by atoms with E-state index in [2.05, 4.69) is 83.6 Å². The highest BCUT2D eigenvalue weighted by Gasteiger charge is 2.41. The molecule has 10 amide bonds. The molecule has 0 radical (unpaired) electrons. The number of likely N-dealkylation sites (tertiary alicyclic amines) is 1. The van der Waals surface area contributed by atoms with Gasteiger partial charge in [-0.15, -0.1) is 11.3 Å². The number of nitrogens with two attached hydrogens (primary N) is 2. The Balaban J connectivity index is 1.00. The molecule has 0 aliphatic carbocycles. The number of rotatable bonds is 53. The molecule has 1 aliphatic rings. The fourth-order valence-corrected chi connectivity index (χ4v) is 16.2. The summed E-state index contributed by atoms with van der Waals surface area (Å²) >= 11 is 1.00. The second-order valence-electron chi connectivity index (χ2n) is 31.6. The molecule has 0 spiro atoms. The number of piperidine rings is 1. The zero-order valence-electron chi connectivity index (χ0n) is 73.3. The van der Waals surface area contributed by atoms with Crippen LogP contribution in [0.3, 0.4) is 0 Å². The lowest BCUT2D eigenvalue weighted by Crippen LogP contribution is -2.59. The number of aldehydes is 1. The number of nitrogen functional groups attached to an aromatic ring is 1. The summed E-state index contributed by atoms with van der Waals surface area (Å²) in [5.74, 6) is -16.6. The average molecular weight is 1880 g/mol. The predicted octanol–water partition coefficient (Wildman–Crippen LogP) is 2.00. The summed E-state index contributed by atoms with van der Waals surface area (Å²) in [5, 5.41) is 71.9. The number of hydrogen-bond donors (Lipinski definition) is 19. The largest absolute Gasteiger partial charge is 0.508 e. The third kappa shape index (κ3) is 35.6. The number of aromatic amines is 1. The van der Waals surface area contributed by atoms with Gasteiger partial charge in [0.1, 0.15) is 65.6 Å². The molecule has 21 N–H and O–H groups in total. The van der Waals surface area contributed by atoms with Crippen LogP contribution < -0.4 is 75.7 Å². The molecule has 0 bridgehead atoms. The molecule has 12 atom stereocenters. The summed E-state index contributed by atoms with van der Waals surface area (Å²) in [4.78, 5) is 248. The van der Waals surface area contributed by atoms with Gasteiger partial charge in [0.15, 0.2) is 30.0 Å². The standard InChI is InChI=1S/C82H115N21O24S3/c1-10-44(6)65(97-74(117)59-15-11-12-28-102(59)9)77(119)103(41-126-64(110)32-42(2)3)60(43(4)5)36-61(127-46(8)105)76-96-57(39-128-76)73(116)90-50(34-47-16-22-52(106)23-17-47)33-45(7)68(111)100-101-82(124)125-30-31-129-130-40-58(79(122)123)95-71(114)54(26-29-104)93-70(113)53(14-13-27-86-80(83)84)92-72(115)56(35-63(108)109)91-62(107)25-24-55(78(120)121)94-69(112)48-18-20-49(21-19-48)87-37-51-38-88-67-66(89-51)75(118)99-81(85)98-67/h16-23,29,38-39,42-45,50,53-56,58-61,65,87,106H,10-15,24-28,30-37,40-41H2,1-9H3,(H,90,116)(H,91,107)(H,92,115)(H,93,113)(H,94,112)(H,95,114)(H,97,117)(H,100,111)(H,101,124)(H,108,109)(H,120,121)(H,122,123)(H4,83,84,86)(H3,85,88,98,99,118)/t44?,45-,50+,53-,54-,55-,56-,58-,59+,60+,61+,65-/m0/s1. The minimum atomic E-state index is -1.94. The van der Waals surface area contributed by atoms with Crippen molar-refractivity contribution in [2.45, 2.75) is 212 Å². The molecule has 3 aromatic heterocycles. The normalized spacial score (nSPS) is 15.1. The molecule has 1 fully saturated rings. The Labute approximate surface area is 759 Å². The summed E-state index contributed by atoms with van der Waals surface area (Å²) in [6.07, 6.45) is -1.26. The first-order valence-electron chi connectivity index (χ1n) is 41.8. The summed E-state index contributed by atoms with van der Waals surface area (Å²) in [7, 11) is 3.74. The number of hydrogen-bond acceptors (Lipinski definition) is 32. The molecule has 130 heavy (non-hydrogen) atoms. The number of carbonyl (C=O) groups is 16. The Hall–Kier alpha value is -12.9. The summed E-state index contributed by atoms with van der Waals surface area (Å²) in [6.45, 7) is 13.7. The number of nitrogens with one attached hydrogen (secondary N) is 13. The number of carboxylic acid groups (broad SMARTS) is 3. The minimum Gasteiger partial charge on any atom is -0.508 e. The van der Waals surface area contributed by atoms with Gasteiger partial charge >= 0.3 is 35.9 Å². The molecule has 1 unspecified atom stereocenters. The van der Waals surface area contributed by atoms with Crippen LogP contribution in [0, 0.1) is 29.1 Å². The summed E-state index contributed by atoms with van der Waals surface area (Å²) in [6, 6.07) is -0.142. The molecule has 1 aliphatic heterocycles. The van der Waals surface area contributed by atoms with Crippen LogP contribution in [0.15, 0.2) is 64.9 Å². The Morgan fingerprint density at radius 3 is 2.08 bits per heavy atom. The molecular formula is C82H115N21O24S3. The van der Waals surface area contributed by atoms with Gasteiger partial charge in [0.05, 0.1) is 30.9 Å². The SMILES string of the molecule is CCC(C)[C@H](NC(=O)[C@H]1CCCCN1C)C(=O)N(COC(=O)CC(C)C)[C@H](C[C@@H](OC(C)=O)c1nc(C(=O)N[C@@H](Cc2ccc(O)cc2)C[C@H](C)C(=O)NNC(=O)OCCSSC[C@H](NC(=O)[C@H](CC=O)NC(=O)[C@H](CCCNC(=N)N)NC(=O)[C@H](CC(=O)O)NC(=O)CC[C@H](NC(=O)c2ccc(NCc3cnc4nc(N)[nH]c(=O)c4n3)cc2)C(=O)O)C(=O)O)cs1)C(C)C. The summed E-state index contributed by atoms with van der Waals surface area (Å²) in [5.41, 5.74) is 16.1. The second kappa shape index (κ2) is 53.2. The third-order valence-corrected chi connectivity index (χ3v) is 23.8. The lowest BCUT2D eigenvalue weighted by Gasteiger charge is -2.39. The van der Waals surface area contributed by atoms with E-state index in [1.54, 1.807) is 12.1 Å². The van der Waals surface area contributed by atoms with E-state index in [0.717, 1.165) is 45.8 Å². The number of ether oxygens (including phenoxy) is 3. The van der Waals surface area contributed by atoms with Gasteiger partial charge in [0, 0.05) is 85.3 Å². The van der Waals surface area contributed by atoms with Crippen molar-refractivity contribution in [1.29, 1.82) is 5.41 Å². The number of nitrogens with zero attached hydrogens (tertiary/aromatic N) is 6. The number of thiazole rings is 1. The number of aromatic nitrogens is 5. The molecule has 48 heteroatoms. The highest BCUT2D eigenvalue weighted by atomic mass is 33.1. The number of likely N-dealkylation sites (N-methyl/N-ethyl adjacent to an activating group) is 1. The number of H-pyrrole nitrogens is 1. The number of hydrazine groups is 1. The Morgan fingerprint density at radius 1 is 0.762 bits per heavy atom. The van der Waals surface area contributed by atoms with E-state index in [1.807, 2.05) is 53.5 Å². The van der Waals surface area contributed by atoms with Crippen molar-refractivity contribution in [1.82, 2.24) is 88.1 Å². The van der Waals surface area contributed by atoms with Gasteiger partial charge in [-0.1, -0.05) is 95.0 Å². The van der Waals surface area contributed by atoms with Crippen LogP contribution in [-0.2, 0) is 89.5 Å². The van der Waals surface area contributed by atoms with Gasteiger partial charge in [0.25, 0.3) is 17.4 Å². The van der Waals surface area contributed by atoms with Gasteiger partial charge in [-0.2, -0.15) is 4.98 Å². The maximum atomic E-state index is 15.1. The number of amides is 10. The highest BCUT2D eigenvalue weighted by molar-refractivity contribution is 8.76. The van der Waals surface area contributed by atoms with E-state index in [9.17, 15) is 97.1 Å². The van der Waals surface area contributed by atoms with Crippen molar-refractivity contribution in [2.75, 3.05) is 56.0 Å². The third-order valence-electron chi connectivity index (χ3n) is 20.5. The number of carboxylic acids is 3. The number of benzene rings is 2. The lowest BCUT2D eigenvalue weighted by molar-refractivity contribution is -0.161. The molecule has 710 valence electrons.